The molecule has 0 bridgehead atoms. The first-order valence-electron chi connectivity index (χ1n) is 9.41. The highest BCUT2D eigenvalue weighted by Gasteiger charge is 2.28. The van der Waals surface area contributed by atoms with E-state index in [0.717, 1.165) is 23.9 Å². The molecular formula is C20H23ClN4O3. The van der Waals surface area contributed by atoms with Gasteiger partial charge in [0.25, 0.3) is 5.56 Å². The van der Waals surface area contributed by atoms with Gasteiger partial charge in [-0.25, -0.2) is 4.79 Å². The van der Waals surface area contributed by atoms with Crippen molar-refractivity contribution in [1.29, 1.82) is 0 Å². The fourth-order valence-electron chi connectivity index (χ4n) is 3.64. The summed E-state index contributed by atoms with van der Waals surface area (Å²) in [7, 11) is 0. The van der Waals surface area contributed by atoms with Crippen molar-refractivity contribution in [3.05, 3.63) is 45.3 Å². The van der Waals surface area contributed by atoms with E-state index >= 15 is 0 Å². The molecule has 0 saturated carbocycles. The van der Waals surface area contributed by atoms with E-state index in [9.17, 15) is 9.59 Å². The molecule has 7 nitrogen and oxygen atoms in total. The largest absolute Gasteiger partial charge is 0.444 e. The average Bonchev–Trinajstić information content (AvgIpc) is 3.01. The number of H-pyrrole nitrogens is 1. The molecule has 1 aromatic carbocycles. The van der Waals surface area contributed by atoms with Crippen molar-refractivity contribution in [3.8, 4) is 0 Å². The molecule has 3 heterocycles. The molecule has 0 radical (unpaired) electrons. The van der Waals surface area contributed by atoms with Crippen LogP contribution in [0.4, 0.5) is 4.79 Å². The van der Waals surface area contributed by atoms with Gasteiger partial charge in [0.1, 0.15) is 16.8 Å². The van der Waals surface area contributed by atoms with Crippen molar-refractivity contribution >= 4 is 34.2 Å². The summed E-state index contributed by atoms with van der Waals surface area (Å²) in [5.41, 5.74) is 1.42. The molecule has 1 N–H and O–H groups in total. The molecule has 1 aliphatic rings. The number of benzene rings is 1. The Labute approximate surface area is 167 Å². The van der Waals surface area contributed by atoms with Crippen LogP contribution in [0.5, 0.6) is 0 Å². The van der Waals surface area contributed by atoms with Crippen molar-refractivity contribution in [2.75, 3.05) is 13.1 Å². The number of halogens is 1. The monoisotopic (exact) mass is 402 g/mol. The molecule has 0 spiro atoms. The molecule has 148 valence electrons. The van der Waals surface area contributed by atoms with Gasteiger partial charge >= 0.3 is 6.09 Å². The lowest BCUT2D eigenvalue weighted by Gasteiger charge is -2.33. The van der Waals surface area contributed by atoms with Crippen LogP contribution in [0.3, 0.4) is 0 Å². The van der Waals surface area contributed by atoms with Crippen LogP contribution in [0, 0.1) is 0 Å². The topological polar surface area (TPSA) is 79.7 Å². The third kappa shape index (κ3) is 3.46. The van der Waals surface area contributed by atoms with Gasteiger partial charge in [0.15, 0.2) is 0 Å². The maximum Gasteiger partial charge on any atom is 0.410 e. The number of ether oxygens (including phenoxy) is 1. The first-order chi connectivity index (χ1) is 13.2. The van der Waals surface area contributed by atoms with E-state index in [1.54, 1.807) is 17.0 Å². The Kier molecular flexibility index (Phi) is 4.57. The van der Waals surface area contributed by atoms with Crippen LogP contribution >= 0.6 is 11.6 Å². The summed E-state index contributed by atoms with van der Waals surface area (Å²) >= 11 is 6.22. The number of amides is 1. The number of aromatic nitrogens is 3. The molecule has 0 atom stereocenters. The SMILES string of the molecule is CC(C)(C)OC(=O)N1CCC(c2cc(=O)n3nc4c(Cl)cccc4c3[nH]2)CC1. The van der Waals surface area contributed by atoms with Gasteiger partial charge in [-0.1, -0.05) is 17.7 Å². The Morgan fingerprint density at radius 3 is 2.68 bits per heavy atom. The molecule has 1 saturated heterocycles. The normalized spacial score (nSPS) is 16.1. The molecule has 1 aliphatic heterocycles. The lowest BCUT2D eigenvalue weighted by Crippen LogP contribution is -2.41. The minimum atomic E-state index is -0.505. The number of nitrogens with one attached hydrogen (secondary N) is 1. The predicted octanol–water partition coefficient (Wildman–Crippen LogP) is 3.94. The van der Waals surface area contributed by atoms with E-state index in [0.29, 0.717) is 29.3 Å². The van der Waals surface area contributed by atoms with E-state index in [-0.39, 0.29) is 17.6 Å². The van der Waals surface area contributed by atoms with Crippen LogP contribution in [0.15, 0.2) is 29.1 Å². The van der Waals surface area contributed by atoms with E-state index < -0.39 is 5.60 Å². The Morgan fingerprint density at radius 1 is 1.29 bits per heavy atom. The summed E-state index contributed by atoms with van der Waals surface area (Å²) in [6, 6.07) is 7.10. The van der Waals surface area contributed by atoms with Gasteiger partial charge < -0.3 is 14.6 Å². The van der Waals surface area contributed by atoms with Gasteiger partial charge in [-0.2, -0.15) is 9.61 Å². The van der Waals surface area contributed by atoms with Gasteiger partial charge in [-0.05, 0) is 45.7 Å². The average molecular weight is 403 g/mol. The Morgan fingerprint density at radius 2 is 2.00 bits per heavy atom. The second-order valence-corrected chi connectivity index (χ2v) is 8.61. The summed E-state index contributed by atoms with van der Waals surface area (Å²) in [4.78, 5) is 30.0. The standard InChI is InChI=1S/C20H23ClN4O3/c1-20(2,3)28-19(27)24-9-7-12(8-10-24)15-11-16(26)25-18(22-15)13-5-4-6-14(21)17(13)23-25/h4-6,11-12,22H,7-10H2,1-3H3. The summed E-state index contributed by atoms with van der Waals surface area (Å²) in [6.07, 6.45) is 1.24. The van der Waals surface area contributed by atoms with Crippen molar-refractivity contribution in [2.45, 2.75) is 45.1 Å². The van der Waals surface area contributed by atoms with E-state index in [1.165, 1.54) is 4.52 Å². The molecule has 8 heteroatoms. The molecule has 0 aliphatic carbocycles. The summed E-state index contributed by atoms with van der Waals surface area (Å²) in [5.74, 6) is 0.167. The second-order valence-electron chi connectivity index (χ2n) is 8.20. The van der Waals surface area contributed by atoms with Gasteiger partial charge in [0, 0.05) is 36.2 Å². The number of nitrogens with zero attached hydrogens (tertiary/aromatic N) is 3. The number of aromatic amines is 1. The molecular weight excluding hydrogens is 380 g/mol. The van der Waals surface area contributed by atoms with Crippen LogP contribution in [0.2, 0.25) is 5.02 Å². The zero-order valence-corrected chi connectivity index (χ0v) is 16.9. The van der Waals surface area contributed by atoms with E-state index in [1.807, 2.05) is 32.9 Å². The Bertz CT molecular complexity index is 1100. The first-order valence-corrected chi connectivity index (χ1v) is 9.79. The van der Waals surface area contributed by atoms with Crippen molar-refractivity contribution in [3.63, 3.8) is 0 Å². The molecule has 2 aromatic heterocycles. The summed E-state index contributed by atoms with van der Waals surface area (Å²) in [5, 5.41) is 5.67. The number of likely N-dealkylation sites (tertiary alicyclic amines) is 1. The molecule has 1 amide bonds. The Balaban J connectivity index is 1.59. The zero-order valence-electron chi connectivity index (χ0n) is 16.2. The number of hydrogen-bond donors (Lipinski definition) is 1. The predicted molar refractivity (Wildman–Crippen MR) is 108 cm³/mol. The molecule has 28 heavy (non-hydrogen) atoms. The highest BCUT2D eigenvalue weighted by Crippen LogP contribution is 2.29. The maximum absolute atomic E-state index is 12.6. The van der Waals surface area contributed by atoms with Gasteiger partial charge in [0.05, 0.1) is 5.02 Å². The summed E-state index contributed by atoms with van der Waals surface area (Å²) in [6.45, 7) is 6.77. The second kappa shape index (κ2) is 6.81. The first kappa shape index (κ1) is 18.8. The van der Waals surface area contributed by atoms with Crippen LogP contribution in [-0.2, 0) is 4.74 Å². The number of fused-ring (bicyclic) bond motifs is 3. The van der Waals surface area contributed by atoms with Crippen molar-refractivity contribution in [2.24, 2.45) is 0 Å². The number of carbonyl (C=O) groups is 1. The quantitative estimate of drug-likeness (QED) is 0.668. The van der Waals surface area contributed by atoms with Crippen LogP contribution < -0.4 is 5.56 Å². The highest BCUT2D eigenvalue weighted by atomic mass is 35.5. The van der Waals surface area contributed by atoms with Crippen molar-refractivity contribution < 1.29 is 9.53 Å². The number of rotatable bonds is 1. The van der Waals surface area contributed by atoms with Crippen molar-refractivity contribution in [1.82, 2.24) is 19.5 Å². The van der Waals surface area contributed by atoms with Gasteiger partial charge in [-0.3, -0.25) is 4.79 Å². The van der Waals surface area contributed by atoms with Gasteiger partial charge in [0.2, 0.25) is 0 Å². The third-order valence-corrected chi connectivity index (χ3v) is 5.30. The fraction of sp³-hybridized carbons (Fsp3) is 0.450. The third-order valence-electron chi connectivity index (χ3n) is 4.99. The lowest BCUT2D eigenvalue weighted by molar-refractivity contribution is 0.0204. The van der Waals surface area contributed by atoms with E-state index in [4.69, 9.17) is 16.3 Å². The van der Waals surface area contributed by atoms with Crippen LogP contribution in [0.1, 0.15) is 45.2 Å². The molecule has 1 fully saturated rings. The van der Waals surface area contributed by atoms with Crippen LogP contribution in [0.25, 0.3) is 16.6 Å². The molecule has 0 unspecified atom stereocenters. The maximum atomic E-state index is 12.6. The zero-order chi connectivity index (χ0) is 20.1. The minimum absolute atomic E-state index is 0.167. The summed E-state index contributed by atoms with van der Waals surface area (Å²) < 4.78 is 6.81. The Hall–Kier alpha value is -2.54. The van der Waals surface area contributed by atoms with Crippen LogP contribution in [-0.4, -0.2) is 44.3 Å². The van der Waals surface area contributed by atoms with Gasteiger partial charge in [-0.15, -0.1) is 0 Å². The highest BCUT2D eigenvalue weighted by molar-refractivity contribution is 6.35. The minimum Gasteiger partial charge on any atom is -0.444 e. The van der Waals surface area contributed by atoms with E-state index in [2.05, 4.69) is 10.1 Å². The smallest absolute Gasteiger partial charge is 0.410 e. The fourth-order valence-corrected chi connectivity index (χ4v) is 3.85. The number of carbonyl (C=O) groups excluding carboxylic acids is 1. The lowest BCUT2D eigenvalue weighted by atomic mass is 9.93. The molecule has 4 rings (SSSR count). The number of hydrogen-bond acceptors (Lipinski definition) is 4. The molecule has 3 aromatic rings. The number of piperidine rings is 1.